The van der Waals surface area contributed by atoms with E-state index in [4.69, 9.17) is 0 Å². The van der Waals surface area contributed by atoms with Crippen LogP contribution in [0, 0.1) is 5.92 Å². The minimum Gasteiger partial charge on any atom is -0.378 e. The molecule has 0 fully saturated rings. The second-order valence-electron chi connectivity index (χ2n) is 6.16. The quantitative estimate of drug-likeness (QED) is 0.674. The summed E-state index contributed by atoms with van der Waals surface area (Å²) < 4.78 is 0. The molecule has 1 aromatic rings. The van der Waals surface area contributed by atoms with Crippen LogP contribution in [0.25, 0.3) is 0 Å². The molecule has 0 saturated heterocycles. The first-order valence-electron chi connectivity index (χ1n) is 8.85. The second-order valence-corrected chi connectivity index (χ2v) is 6.16. The van der Waals surface area contributed by atoms with Crippen molar-refractivity contribution in [3.63, 3.8) is 0 Å². The lowest BCUT2D eigenvalue weighted by Gasteiger charge is -2.11. The first-order chi connectivity index (χ1) is 10.5. The summed E-state index contributed by atoms with van der Waals surface area (Å²) in [6.45, 7) is 9.03. The van der Waals surface area contributed by atoms with Gasteiger partial charge >= 0.3 is 0 Å². The van der Waals surface area contributed by atoms with Gasteiger partial charge in [0.05, 0.1) is 0 Å². The molecule has 0 aliphatic rings. The first kappa shape index (κ1) is 23.2. The molecule has 0 unspecified atom stereocenters. The van der Waals surface area contributed by atoms with Gasteiger partial charge < -0.3 is 10.6 Å². The molecule has 2 N–H and O–H groups in total. The number of benzene rings is 1. The summed E-state index contributed by atoms with van der Waals surface area (Å²) in [5.41, 5.74) is 7.16. The topological polar surface area (TPSA) is 29.3 Å². The highest BCUT2D eigenvalue weighted by atomic mass is 15.1. The number of hydrogen-bond acceptors (Lipinski definition) is 2. The molecule has 0 atom stereocenters. The van der Waals surface area contributed by atoms with Gasteiger partial charge in [0.15, 0.2) is 0 Å². The standard InChI is InChI=1S/C10H15N.C9H20.CH5N/c1-4-9-5-7-10(8-6-9)11(2)3;1-4-5-6-7-8-9(2)3;1-2/h5-8H,4H2,1-3H3;9H,4-8H2,1-3H3;2H2,1H3. The Morgan fingerprint density at radius 3 is 1.82 bits per heavy atom. The normalized spacial score (nSPS) is 9.50. The molecule has 0 saturated carbocycles. The maximum atomic E-state index is 4.50. The Morgan fingerprint density at radius 1 is 0.909 bits per heavy atom. The van der Waals surface area contributed by atoms with Crippen LogP contribution in [-0.4, -0.2) is 21.1 Å². The summed E-state index contributed by atoms with van der Waals surface area (Å²) in [6.07, 6.45) is 8.19. The third-order valence-electron chi connectivity index (χ3n) is 3.50. The minimum atomic E-state index is 0.904. The van der Waals surface area contributed by atoms with E-state index in [1.807, 2.05) is 0 Å². The maximum Gasteiger partial charge on any atom is 0.0361 e. The number of unbranched alkanes of at least 4 members (excludes halogenated alkanes) is 3. The fourth-order valence-corrected chi connectivity index (χ4v) is 2.01. The number of anilines is 1. The van der Waals surface area contributed by atoms with Crippen molar-refractivity contribution >= 4 is 5.69 Å². The van der Waals surface area contributed by atoms with Gasteiger partial charge in [0.25, 0.3) is 0 Å². The summed E-state index contributed by atoms with van der Waals surface area (Å²) in [7, 11) is 5.61. The Kier molecular flexibility index (Phi) is 17.3. The number of hydrogen-bond donors (Lipinski definition) is 1. The van der Waals surface area contributed by atoms with Crippen molar-refractivity contribution in [1.82, 2.24) is 0 Å². The molecule has 22 heavy (non-hydrogen) atoms. The molecule has 0 radical (unpaired) electrons. The molecule has 0 bridgehead atoms. The maximum absolute atomic E-state index is 4.50. The zero-order valence-corrected chi connectivity index (χ0v) is 16.2. The summed E-state index contributed by atoms with van der Waals surface area (Å²) in [5.74, 6) is 0.904. The fourth-order valence-electron chi connectivity index (χ4n) is 2.01. The molecule has 0 amide bonds. The van der Waals surface area contributed by atoms with Gasteiger partial charge in [0.1, 0.15) is 0 Å². The smallest absolute Gasteiger partial charge is 0.0361 e. The molecule has 0 aliphatic heterocycles. The van der Waals surface area contributed by atoms with Crippen molar-refractivity contribution in [1.29, 1.82) is 0 Å². The largest absolute Gasteiger partial charge is 0.378 e. The summed E-state index contributed by atoms with van der Waals surface area (Å²) in [4.78, 5) is 2.11. The zero-order valence-electron chi connectivity index (χ0n) is 16.2. The van der Waals surface area contributed by atoms with Gasteiger partial charge in [-0.2, -0.15) is 0 Å². The third-order valence-corrected chi connectivity index (χ3v) is 3.50. The lowest BCUT2D eigenvalue weighted by Crippen LogP contribution is -2.08. The van der Waals surface area contributed by atoms with E-state index >= 15 is 0 Å². The van der Waals surface area contributed by atoms with E-state index in [9.17, 15) is 0 Å². The van der Waals surface area contributed by atoms with Crippen LogP contribution in [0.2, 0.25) is 0 Å². The fraction of sp³-hybridized carbons (Fsp3) is 0.700. The summed E-state index contributed by atoms with van der Waals surface area (Å²) in [5, 5.41) is 0. The highest BCUT2D eigenvalue weighted by Gasteiger charge is 1.93. The van der Waals surface area contributed by atoms with E-state index < -0.39 is 0 Å². The molecule has 0 spiro atoms. The summed E-state index contributed by atoms with van der Waals surface area (Å²) in [6, 6.07) is 8.66. The molecule has 1 aromatic carbocycles. The van der Waals surface area contributed by atoms with Gasteiger partial charge in [-0.1, -0.05) is 71.9 Å². The predicted octanol–water partition coefficient (Wildman–Crippen LogP) is 5.50. The van der Waals surface area contributed by atoms with Crippen molar-refractivity contribution in [3.05, 3.63) is 29.8 Å². The van der Waals surface area contributed by atoms with Crippen molar-refractivity contribution < 1.29 is 0 Å². The Morgan fingerprint density at radius 2 is 1.45 bits per heavy atom. The van der Waals surface area contributed by atoms with Gasteiger partial charge in [-0.15, -0.1) is 0 Å². The monoisotopic (exact) mass is 308 g/mol. The molecule has 2 nitrogen and oxygen atoms in total. The van der Waals surface area contributed by atoms with Crippen molar-refractivity contribution in [2.24, 2.45) is 11.7 Å². The summed E-state index contributed by atoms with van der Waals surface area (Å²) >= 11 is 0. The van der Waals surface area contributed by atoms with Crippen LogP contribution in [0.4, 0.5) is 5.69 Å². The Labute approximate surface area is 140 Å². The molecule has 1 rings (SSSR count). The lowest BCUT2D eigenvalue weighted by atomic mass is 10.1. The Balaban J connectivity index is 0. The van der Waals surface area contributed by atoms with Gasteiger partial charge in [0, 0.05) is 19.8 Å². The van der Waals surface area contributed by atoms with Gasteiger partial charge in [-0.25, -0.2) is 0 Å². The van der Waals surface area contributed by atoms with Crippen LogP contribution >= 0.6 is 0 Å². The zero-order chi connectivity index (χ0) is 17.4. The van der Waals surface area contributed by atoms with Gasteiger partial charge in [-0.3, -0.25) is 0 Å². The molecule has 0 aliphatic carbocycles. The molecule has 2 heteroatoms. The second kappa shape index (κ2) is 16.4. The van der Waals surface area contributed by atoms with Crippen molar-refractivity contribution in [3.8, 4) is 0 Å². The first-order valence-corrected chi connectivity index (χ1v) is 8.85. The van der Waals surface area contributed by atoms with Crippen LogP contribution < -0.4 is 10.6 Å². The predicted molar refractivity (Wildman–Crippen MR) is 104 cm³/mol. The Hall–Kier alpha value is -1.02. The van der Waals surface area contributed by atoms with Gasteiger partial charge in [-0.05, 0) is 37.1 Å². The van der Waals surface area contributed by atoms with Crippen LogP contribution in [-0.2, 0) is 6.42 Å². The molecular weight excluding hydrogens is 268 g/mol. The third kappa shape index (κ3) is 13.9. The average molecular weight is 309 g/mol. The van der Waals surface area contributed by atoms with E-state index in [2.05, 4.69) is 76.7 Å². The van der Waals surface area contributed by atoms with Crippen LogP contribution in [0.3, 0.4) is 0 Å². The number of nitrogens with two attached hydrogens (primary N) is 1. The number of nitrogens with zero attached hydrogens (tertiary/aromatic N) is 1. The lowest BCUT2D eigenvalue weighted by molar-refractivity contribution is 0.525. The van der Waals surface area contributed by atoms with E-state index in [0.717, 1.165) is 12.3 Å². The molecule has 0 heterocycles. The van der Waals surface area contributed by atoms with Crippen LogP contribution in [0.15, 0.2) is 24.3 Å². The highest BCUT2D eigenvalue weighted by molar-refractivity contribution is 5.45. The van der Waals surface area contributed by atoms with E-state index in [1.54, 1.807) is 0 Å². The van der Waals surface area contributed by atoms with Crippen molar-refractivity contribution in [2.45, 2.75) is 66.2 Å². The molecule has 0 aromatic heterocycles. The van der Waals surface area contributed by atoms with E-state index in [-0.39, 0.29) is 0 Å². The van der Waals surface area contributed by atoms with E-state index in [0.29, 0.717) is 0 Å². The average Bonchev–Trinajstić information content (AvgIpc) is 2.54. The number of aryl methyl sites for hydroxylation is 1. The van der Waals surface area contributed by atoms with Crippen molar-refractivity contribution in [2.75, 3.05) is 26.0 Å². The molecule has 130 valence electrons. The van der Waals surface area contributed by atoms with Crippen LogP contribution in [0.5, 0.6) is 0 Å². The number of rotatable bonds is 7. The minimum absolute atomic E-state index is 0.904. The molecular formula is C20H40N2. The van der Waals surface area contributed by atoms with Crippen LogP contribution in [0.1, 0.15) is 65.4 Å². The van der Waals surface area contributed by atoms with E-state index in [1.165, 1.54) is 50.4 Å². The SMILES string of the molecule is CCCCCCC(C)C.CCc1ccc(N(C)C)cc1.CN. The Bertz CT molecular complexity index is 315. The van der Waals surface area contributed by atoms with Gasteiger partial charge in [0.2, 0.25) is 0 Å². The highest BCUT2D eigenvalue weighted by Crippen LogP contribution is 2.12.